The highest BCUT2D eigenvalue weighted by atomic mass is 32.1. The van der Waals surface area contributed by atoms with Crippen molar-refractivity contribution in [1.82, 2.24) is 15.0 Å². The molecule has 0 aliphatic heterocycles. The van der Waals surface area contributed by atoms with Crippen LogP contribution in [0.5, 0.6) is 0 Å². The zero-order chi connectivity index (χ0) is 21.0. The van der Waals surface area contributed by atoms with E-state index >= 15 is 0 Å². The van der Waals surface area contributed by atoms with Crippen molar-refractivity contribution in [3.63, 3.8) is 0 Å². The van der Waals surface area contributed by atoms with E-state index < -0.39 is 0 Å². The molecule has 3 aromatic heterocycles. The molecule has 0 radical (unpaired) electrons. The summed E-state index contributed by atoms with van der Waals surface area (Å²) >= 11 is 1.67. The van der Waals surface area contributed by atoms with Gasteiger partial charge in [-0.05, 0) is 68.7 Å². The minimum Gasteiger partial charge on any atom is -0.395 e. The number of pyridine rings is 2. The van der Waals surface area contributed by atoms with E-state index in [1.54, 1.807) is 17.5 Å². The Hall–Kier alpha value is -2.60. The number of rotatable bonds is 5. The largest absolute Gasteiger partial charge is 0.395 e. The Morgan fingerprint density at radius 2 is 1.97 bits per heavy atom. The minimum absolute atomic E-state index is 0.659. The van der Waals surface area contributed by atoms with E-state index in [9.17, 15) is 0 Å². The second kappa shape index (κ2) is 9.27. The van der Waals surface area contributed by atoms with Crippen molar-refractivity contribution < 1.29 is 4.84 Å². The summed E-state index contributed by atoms with van der Waals surface area (Å²) in [5.41, 5.74) is 6.27. The van der Waals surface area contributed by atoms with Crippen molar-refractivity contribution in [2.24, 2.45) is 11.1 Å². The maximum atomic E-state index is 5.83. The summed E-state index contributed by atoms with van der Waals surface area (Å²) < 4.78 is 0. The molecule has 0 atom stereocenters. The number of hydrogen-bond donors (Lipinski definition) is 0. The highest BCUT2D eigenvalue weighted by molar-refractivity contribution is 7.18. The van der Waals surface area contributed by atoms with Gasteiger partial charge in [-0.15, -0.1) is 11.3 Å². The van der Waals surface area contributed by atoms with Crippen molar-refractivity contribution in [2.75, 3.05) is 6.61 Å². The highest BCUT2D eigenvalue weighted by Gasteiger charge is 2.21. The van der Waals surface area contributed by atoms with Crippen LogP contribution in [0.1, 0.15) is 61.9 Å². The number of fused-ring (bicyclic) bond motifs is 1. The molecule has 5 nitrogen and oxygen atoms in total. The lowest BCUT2D eigenvalue weighted by Gasteiger charge is -2.21. The van der Waals surface area contributed by atoms with E-state index in [2.05, 4.69) is 29.2 Å². The van der Waals surface area contributed by atoms with Gasteiger partial charge in [0.05, 0.1) is 22.0 Å². The van der Waals surface area contributed by atoms with Gasteiger partial charge < -0.3 is 4.84 Å². The summed E-state index contributed by atoms with van der Waals surface area (Å²) in [5, 5.41) is 5.54. The average Bonchev–Trinajstić information content (AvgIpc) is 3.22. The molecule has 1 saturated carbocycles. The van der Waals surface area contributed by atoms with Crippen LogP contribution in [0.4, 0.5) is 0 Å². The summed E-state index contributed by atoms with van der Waals surface area (Å²) in [7, 11) is 0. The second-order valence-electron chi connectivity index (χ2n) is 8.57. The number of aromatic nitrogens is 3. The molecular weight excluding hydrogens is 404 g/mol. The molecule has 0 saturated heterocycles. The first kappa shape index (κ1) is 20.3. The zero-order valence-electron chi connectivity index (χ0n) is 18.0. The first-order valence-electron chi connectivity index (χ1n) is 11.4. The van der Waals surface area contributed by atoms with Crippen molar-refractivity contribution in [1.29, 1.82) is 0 Å². The van der Waals surface area contributed by atoms with Crippen molar-refractivity contribution >= 4 is 17.0 Å². The molecule has 0 unspecified atom stereocenters. The molecule has 1 fully saturated rings. The van der Waals surface area contributed by atoms with Gasteiger partial charge in [-0.2, -0.15) is 0 Å². The molecule has 160 valence electrons. The Morgan fingerprint density at radius 3 is 2.81 bits per heavy atom. The molecule has 31 heavy (non-hydrogen) atoms. The SMILES string of the molecule is Cc1nc(-c2cccnc2)sc1-c1ccc2c(n1)/C(=N/OCC1CCCCC1)CCC2. The van der Waals surface area contributed by atoms with E-state index in [0.717, 1.165) is 64.1 Å². The molecule has 3 heterocycles. The smallest absolute Gasteiger partial charge is 0.125 e. The molecule has 6 heteroatoms. The van der Waals surface area contributed by atoms with Gasteiger partial charge >= 0.3 is 0 Å². The van der Waals surface area contributed by atoms with Crippen LogP contribution in [-0.2, 0) is 11.3 Å². The topological polar surface area (TPSA) is 60.3 Å². The van der Waals surface area contributed by atoms with E-state index in [1.807, 2.05) is 18.3 Å². The van der Waals surface area contributed by atoms with Crippen molar-refractivity contribution in [3.05, 3.63) is 53.6 Å². The Bertz CT molecular complexity index is 1070. The average molecular weight is 433 g/mol. The molecule has 3 aromatic rings. The summed E-state index contributed by atoms with van der Waals surface area (Å²) in [5.74, 6) is 0.659. The summed E-state index contributed by atoms with van der Waals surface area (Å²) in [4.78, 5) is 21.0. The quantitative estimate of drug-likeness (QED) is 0.450. The van der Waals surface area contributed by atoms with Gasteiger partial charge in [-0.1, -0.05) is 30.5 Å². The van der Waals surface area contributed by atoms with Crippen LogP contribution in [-0.4, -0.2) is 27.3 Å². The lowest BCUT2D eigenvalue weighted by atomic mass is 9.90. The number of oxime groups is 1. The Morgan fingerprint density at radius 1 is 1.06 bits per heavy atom. The fourth-order valence-electron chi connectivity index (χ4n) is 4.54. The predicted octanol–water partition coefficient (Wildman–Crippen LogP) is 6.21. The van der Waals surface area contributed by atoms with Crippen LogP contribution in [0.25, 0.3) is 21.1 Å². The number of thiazole rings is 1. The fourth-order valence-corrected chi connectivity index (χ4v) is 5.57. The van der Waals surface area contributed by atoms with Crippen LogP contribution < -0.4 is 0 Å². The third-order valence-electron chi connectivity index (χ3n) is 6.26. The van der Waals surface area contributed by atoms with E-state index in [1.165, 1.54) is 37.7 Å². The molecule has 0 amide bonds. The van der Waals surface area contributed by atoms with Gasteiger partial charge in [0, 0.05) is 18.0 Å². The van der Waals surface area contributed by atoms with Crippen LogP contribution in [0.3, 0.4) is 0 Å². The third kappa shape index (κ3) is 4.54. The molecule has 0 aromatic carbocycles. The molecule has 2 aliphatic carbocycles. The fraction of sp³-hybridized carbons (Fsp3) is 0.440. The molecule has 5 rings (SSSR count). The van der Waals surface area contributed by atoms with Crippen LogP contribution in [0.15, 0.2) is 41.8 Å². The van der Waals surface area contributed by atoms with Crippen LogP contribution in [0, 0.1) is 12.8 Å². The van der Waals surface area contributed by atoms with E-state index in [4.69, 9.17) is 14.8 Å². The molecule has 0 N–H and O–H groups in total. The Kier molecular flexibility index (Phi) is 6.07. The monoisotopic (exact) mass is 432 g/mol. The highest BCUT2D eigenvalue weighted by Crippen LogP contribution is 2.35. The summed E-state index contributed by atoms with van der Waals surface area (Å²) in [6, 6.07) is 8.32. The summed E-state index contributed by atoms with van der Waals surface area (Å²) in [6.45, 7) is 2.79. The second-order valence-corrected chi connectivity index (χ2v) is 9.57. The van der Waals surface area contributed by atoms with Gasteiger partial charge in [0.1, 0.15) is 17.3 Å². The lowest BCUT2D eigenvalue weighted by molar-refractivity contribution is 0.0911. The first-order chi connectivity index (χ1) is 15.3. The maximum absolute atomic E-state index is 5.83. The predicted molar refractivity (Wildman–Crippen MR) is 125 cm³/mol. The maximum Gasteiger partial charge on any atom is 0.125 e. The number of nitrogens with zero attached hydrogens (tertiary/aromatic N) is 4. The van der Waals surface area contributed by atoms with Crippen molar-refractivity contribution in [2.45, 2.75) is 58.3 Å². The standard InChI is InChI=1S/C25H28N4OS/c1-17-24(31-25(27-17)20-10-6-14-26-15-20)22-13-12-19-9-5-11-21(23(19)28-22)29-30-16-18-7-3-2-4-8-18/h6,10,12-15,18H,2-5,7-9,11,16H2,1H3/b29-21+. The Labute approximate surface area is 187 Å². The molecular formula is C25H28N4OS. The van der Waals surface area contributed by atoms with Crippen molar-refractivity contribution in [3.8, 4) is 21.1 Å². The van der Waals surface area contributed by atoms with Gasteiger partial charge in [0.15, 0.2) is 0 Å². The lowest BCUT2D eigenvalue weighted by Crippen LogP contribution is -2.17. The molecule has 0 bridgehead atoms. The van der Waals surface area contributed by atoms with Crippen LogP contribution in [0.2, 0.25) is 0 Å². The van der Waals surface area contributed by atoms with E-state index in [0.29, 0.717) is 5.92 Å². The molecule has 0 spiro atoms. The van der Waals surface area contributed by atoms with E-state index in [-0.39, 0.29) is 0 Å². The van der Waals surface area contributed by atoms with Gasteiger partial charge in [0.25, 0.3) is 0 Å². The molecule has 2 aliphatic rings. The zero-order valence-corrected chi connectivity index (χ0v) is 18.8. The Balaban J connectivity index is 1.39. The van der Waals surface area contributed by atoms with Crippen LogP contribution >= 0.6 is 11.3 Å². The van der Waals surface area contributed by atoms with Gasteiger partial charge in [-0.25, -0.2) is 9.97 Å². The summed E-state index contributed by atoms with van der Waals surface area (Å²) in [6.07, 6.45) is 13.3. The first-order valence-corrected chi connectivity index (χ1v) is 12.2. The van der Waals surface area contributed by atoms with Gasteiger partial charge in [0.2, 0.25) is 0 Å². The normalized spacial score (nSPS) is 18.2. The third-order valence-corrected chi connectivity index (χ3v) is 7.49. The number of aryl methyl sites for hydroxylation is 2. The number of hydrogen-bond acceptors (Lipinski definition) is 6. The minimum atomic E-state index is 0.659. The van der Waals surface area contributed by atoms with Gasteiger partial charge in [-0.3, -0.25) is 4.98 Å².